The van der Waals surface area contributed by atoms with Gasteiger partial charge in [0, 0.05) is 40.4 Å². The van der Waals surface area contributed by atoms with Crippen LogP contribution >= 0.6 is 0 Å². The largest absolute Gasteiger partial charge is 2.00 e. The van der Waals surface area contributed by atoms with Gasteiger partial charge in [-0.15, -0.1) is 0 Å². The van der Waals surface area contributed by atoms with E-state index >= 15 is 0 Å². The van der Waals surface area contributed by atoms with E-state index in [0.29, 0.717) is 0 Å². The van der Waals surface area contributed by atoms with Gasteiger partial charge in [0.2, 0.25) is 0 Å². The molecule has 0 aliphatic rings. The number of hydrogen-bond acceptors (Lipinski definition) is 1. The molecule has 0 heterocycles. The Morgan fingerprint density at radius 2 is 1.50 bits per heavy atom. The Morgan fingerprint density at radius 1 is 1.50 bits per heavy atom. The fourth-order valence-electron chi connectivity index (χ4n) is 0. The van der Waals surface area contributed by atoms with Crippen LogP contribution in [0.1, 0.15) is 2.85 Å². The Bertz CT molecular complexity index is 13.5. The molecule has 1 nitrogen and oxygen atoms in total. The van der Waals surface area contributed by atoms with E-state index in [1.54, 1.807) is 15.9 Å². The van der Waals surface area contributed by atoms with Crippen molar-refractivity contribution in [2.24, 2.45) is 0 Å². The number of rotatable bonds is 0. The van der Waals surface area contributed by atoms with E-state index in [4.69, 9.17) is 3.83 Å². The van der Waals surface area contributed by atoms with E-state index in [1.165, 1.54) is 0 Å². The third kappa shape index (κ3) is 8.93. The quantitative estimate of drug-likeness (QED) is 0.563. The van der Waals surface area contributed by atoms with Crippen LogP contribution < -0.4 is 0 Å². The summed E-state index contributed by atoms with van der Waals surface area (Å²) in [5.41, 5.74) is 0. The maximum absolute atomic E-state index is 8.06. The topological polar surface area (TPSA) is 17.1 Å². The second-order valence-corrected chi connectivity index (χ2v) is 0. The predicted molar refractivity (Wildman–Crippen MR) is 8.66 cm³/mol. The molecule has 0 aliphatic carbocycles. The van der Waals surface area contributed by atoms with Crippen LogP contribution in [0.5, 0.6) is 0 Å². The third-order valence-electron chi connectivity index (χ3n) is 0. The fourth-order valence-corrected chi connectivity index (χ4v) is 0. The predicted octanol–water partition coefficient (Wildman–Crippen LogP) is -0.277. The van der Waals surface area contributed by atoms with Gasteiger partial charge in [0.05, 0.1) is 0 Å². The molecule has 0 N–H and O–H groups in total. The van der Waals surface area contributed by atoms with E-state index in [9.17, 15) is 0 Å². The monoisotopic (exact) mass is 313 g/mol. The Labute approximate surface area is 106 Å². The van der Waals surface area contributed by atoms with Crippen LogP contribution in [0.25, 0.3) is 0 Å². The minimum Gasteiger partial charge on any atom is 0 e. The van der Waals surface area contributed by atoms with Crippen LogP contribution in [0.2, 0.25) is 0 Å². The van der Waals surface area contributed by atoms with Crippen LogP contribution in [-0.2, 0) is 19.8 Å². The summed E-state index contributed by atoms with van der Waals surface area (Å²) in [6, 6.07) is 0. The summed E-state index contributed by atoms with van der Waals surface area (Å²) < 4.78 is 8.06. The summed E-state index contributed by atoms with van der Waals surface area (Å²) in [5, 5.41) is 0. The van der Waals surface area contributed by atoms with Gasteiger partial charge in [0.1, 0.15) is 0 Å². The molecule has 0 aromatic heterocycles. The van der Waals surface area contributed by atoms with Crippen molar-refractivity contribution >= 4 is 45.5 Å². The molecule has 0 unspecified atom stereocenters. The molecule has 0 radical (unpaired) electrons. The normalized spacial score (nSPS) is 1.00. The average Bonchev–Trinajstić information content (AvgIpc) is 1.00. The molecule has 0 aromatic carbocycles. The van der Waals surface area contributed by atoms with E-state index < -0.39 is 0 Å². The Balaban J connectivity index is -0.000000000833. The summed E-state index contributed by atoms with van der Waals surface area (Å²) in [4.78, 5) is 0. The molecule has 0 rings (SSSR count). The first-order valence-corrected chi connectivity index (χ1v) is 0.636. The van der Waals surface area contributed by atoms with Crippen molar-refractivity contribution in [3.05, 3.63) is 0 Å². The molecule has 0 amide bonds. The van der Waals surface area contributed by atoms with Gasteiger partial charge in [-0.3, -0.25) is 0 Å². The van der Waals surface area contributed by atoms with Crippen molar-refractivity contribution in [1.29, 1.82) is 0 Å². The van der Waals surface area contributed by atoms with Crippen molar-refractivity contribution in [3.8, 4) is 0 Å². The van der Waals surface area contributed by atoms with Crippen molar-refractivity contribution in [2.75, 3.05) is 0 Å². The molecule has 0 saturated carbocycles. The summed E-state index contributed by atoms with van der Waals surface area (Å²) in [6.45, 7) is 0. The molecule has 23 valence electrons. The van der Waals surface area contributed by atoms with Gasteiger partial charge >= 0.3 is 65.3 Å². The smallest absolute Gasteiger partial charge is 0 e. The van der Waals surface area contributed by atoms with Crippen LogP contribution in [0.4, 0.5) is 0 Å². The van der Waals surface area contributed by atoms with Gasteiger partial charge in [0.25, 0.3) is 0 Å². The molecule has 0 aromatic rings. The summed E-state index contributed by atoms with van der Waals surface area (Å²) in [5.74, 6) is 0. The van der Waals surface area contributed by atoms with Crippen LogP contribution in [0.3, 0.4) is 0 Å². The van der Waals surface area contributed by atoms with E-state index in [0.717, 1.165) is 0 Å². The molecular formula is H2MnOSmSr. The summed E-state index contributed by atoms with van der Waals surface area (Å²) >= 11 is 1.69. The van der Waals surface area contributed by atoms with Gasteiger partial charge in [-0.1, -0.05) is 0 Å². The van der Waals surface area contributed by atoms with Crippen LogP contribution in [-0.4, -0.2) is 45.5 Å². The van der Waals surface area contributed by atoms with Gasteiger partial charge < -0.3 is 2.85 Å². The Morgan fingerprint density at radius 3 is 1.50 bits per heavy atom. The van der Waals surface area contributed by atoms with Crippen molar-refractivity contribution < 1.29 is 63.0 Å². The zero-order valence-corrected chi connectivity index (χ0v) is 9.18. The molecular weight excluding hydrogens is 309 g/mol. The SMILES string of the molecule is [H-].[H-].[O]=[Mn].[Sm].[Sr+2]. The Kier molecular flexibility index (Phi) is 64.6. The maximum Gasteiger partial charge on any atom is 2.00 e. The van der Waals surface area contributed by atoms with Crippen LogP contribution in [0.15, 0.2) is 0 Å². The van der Waals surface area contributed by atoms with Gasteiger partial charge in [-0.2, -0.15) is 0 Å². The molecule has 0 fully saturated rings. The number of hydrogen-bond donors (Lipinski definition) is 0. The maximum atomic E-state index is 8.06. The minimum atomic E-state index is 0. The third-order valence-corrected chi connectivity index (χ3v) is 0. The second-order valence-electron chi connectivity index (χ2n) is 0. The molecule has 0 aliphatic heterocycles. The Hall–Kier alpha value is 3.14. The molecule has 4 heavy (non-hydrogen) atoms. The average molecular weight is 311 g/mol. The molecule has 0 spiro atoms. The zero-order valence-electron chi connectivity index (χ0n) is 3.90. The van der Waals surface area contributed by atoms with Crippen LogP contribution in [0, 0.1) is 40.4 Å². The molecule has 0 bridgehead atoms. The summed E-state index contributed by atoms with van der Waals surface area (Å²) in [6.07, 6.45) is 0. The van der Waals surface area contributed by atoms with Gasteiger partial charge in [0.15, 0.2) is 0 Å². The zero-order chi connectivity index (χ0) is 2.00. The van der Waals surface area contributed by atoms with Crippen molar-refractivity contribution in [2.45, 2.75) is 0 Å². The van der Waals surface area contributed by atoms with Gasteiger partial charge in [-0.25, -0.2) is 0 Å². The first kappa shape index (κ1) is 15.7. The standard InChI is InChI=1S/Mn.O.Sm.Sr.2H/q;;;+2;2*-1. The second kappa shape index (κ2) is 16.5. The first-order valence-electron chi connectivity index (χ1n) is 0.154. The van der Waals surface area contributed by atoms with Crippen molar-refractivity contribution in [1.82, 2.24) is 0 Å². The fraction of sp³-hybridized carbons (Fsp3) is 0. The van der Waals surface area contributed by atoms with Crippen molar-refractivity contribution in [3.63, 3.8) is 0 Å². The van der Waals surface area contributed by atoms with E-state index in [-0.39, 0.29) is 88.7 Å². The first-order chi connectivity index (χ1) is 1.00. The molecule has 0 saturated heterocycles. The van der Waals surface area contributed by atoms with Gasteiger partial charge in [-0.05, 0) is 0 Å². The van der Waals surface area contributed by atoms with E-state index in [2.05, 4.69) is 0 Å². The minimum absolute atomic E-state index is 0. The summed E-state index contributed by atoms with van der Waals surface area (Å²) in [7, 11) is 0. The molecule has 0 atom stereocenters. The van der Waals surface area contributed by atoms with E-state index in [1.807, 2.05) is 0 Å². The molecule has 4 heteroatoms.